The van der Waals surface area contributed by atoms with Gasteiger partial charge in [0.15, 0.2) is 11.6 Å². The summed E-state index contributed by atoms with van der Waals surface area (Å²) < 4.78 is 26.4. The Morgan fingerprint density at radius 3 is 2.57 bits per heavy atom. The van der Waals surface area contributed by atoms with Crippen LogP contribution >= 0.6 is 0 Å². The SMILES string of the molecule is C[C@H]1CC(c2ccccc2)=NN(C(=O)c2ccc(F)c(F)c2)C1. The fraction of sp³-hybridized carbons (Fsp3) is 0.222. The predicted octanol–water partition coefficient (Wildman–Crippen LogP) is 3.85. The number of hydrazone groups is 1. The van der Waals surface area contributed by atoms with Crippen LogP contribution in [-0.4, -0.2) is 23.2 Å². The van der Waals surface area contributed by atoms with Crippen molar-refractivity contribution in [1.82, 2.24) is 5.01 Å². The third-order valence-electron chi connectivity index (χ3n) is 3.78. The van der Waals surface area contributed by atoms with Gasteiger partial charge < -0.3 is 0 Å². The summed E-state index contributed by atoms with van der Waals surface area (Å²) in [5.41, 5.74) is 1.87. The largest absolute Gasteiger partial charge is 0.274 e. The lowest BCUT2D eigenvalue weighted by molar-refractivity contribution is 0.0726. The predicted molar refractivity (Wildman–Crippen MR) is 84.2 cm³/mol. The van der Waals surface area contributed by atoms with E-state index in [4.69, 9.17) is 0 Å². The van der Waals surface area contributed by atoms with Crippen LogP contribution in [0, 0.1) is 17.6 Å². The number of hydrogen-bond donors (Lipinski definition) is 0. The quantitative estimate of drug-likeness (QED) is 0.828. The normalized spacial score (nSPS) is 17.8. The molecule has 0 aliphatic carbocycles. The van der Waals surface area contributed by atoms with E-state index in [0.29, 0.717) is 6.54 Å². The average Bonchev–Trinajstić information content (AvgIpc) is 2.57. The zero-order chi connectivity index (χ0) is 16.4. The van der Waals surface area contributed by atoms with Gasteiger partial charge in [-0.25, -0.2) is 13.8 Å². The van der Waals surface area contributed by atoms with Gasteiger partial charge in [-0.3, -0.25) is 4.79 Å². The van der Waals surface area contributed by atoms with E-state index < -0.39 is 17.5 Å². The molecule has 0 saturated carbocycles. The third-order valence-corrected chi connectivity index (χ3v) is 3.78. The molecule has 0 bridgehead atoms. The highest BCUT2D eigenvalue weighted by molar-refractivity contribution is 6.03. The summed E-state index contributed by atoms with van der Waals surface area (Å²) in [6.07, 6.45) is 0.769. The number of halogens is 2. The average molecular weight is 314 g/mol. The number of carbonyl (C=O) groups is 1. The van der Waals surface area contributed by atoms with Crippen molar-refractivity contribution in [1.29, 1.82) is 0 Å². The molecule has 5 heteroatoms. The monoisotopic (exact) mass is 314 g/mol. The Kier molecular flexibility index (Phi) is 4.19. The molecule has 0 N–H and O–H groups in total. The van der Waals surface area contributed by atoms with Crippen molar-refractivity contribution in [2.75, 3.05) is 6.54 Å². The van der Waals surface area contributed by atoms with Crippen molar-refractivity contribution in [3.8, 4) is 0 Å². The fourth-order valence-corrected chi connectivity index (χ4v) is 2.63. The molecule has 0 unspecified atom stereocenters. The Hall–Kier alpha value is -2.56. The zero-order valence-corrected chi connectivity index (χ0v) is 12.7. The lowest BCUT2D eigenvalue weighted by Gasteiger charge is -2.28. The first-order chi connectivity index (χ1) is 11.0. The Labute approximate surface area is 133 Å². The molecule has 3 rings (SSSR count). The van der Waals surface area contributed by atoms with Crippen LogP contribution in [0.15, 0.2) is 53.6 Å². The summed E-state index contributed by atoms with van der Waals surface area (Å²) in [5, 5.41) is 5.75. The molecule has 1 amide bonds. The highest BCUT2D eigenvalue weighted by Gasteiger charge is 2.25. The number of nitrogens with zero attached hydrogens (tertiary/aromatic N) is 2. The van der Waals surface area contributed by atoms with Crippen molar-refractivity contribution in [2.24, 2.45) is 11.0 Å². The van der Waals surface area contributed by atoms with E-state index in [1.807, 2.05) is 37.3 Å². The molecule has 1 heterocycles. The standard InChI is InChI=1S/C18H16F2N2O/c1-12-9-17(13-5-3-2-4-6-13)21-22(11-12)18(23)14-7-8-15(19)16(20)10-14/h2-8,10,12H,9,11H2,1H3/t12-/m0/s1. The molecule has 0 radical (unpaired) electrons. The first-order valence-corrected chi connectivity index (χ1v) is 7.44. The van der Waals surface area contributed by atoms with E-state index in [1.165, 1.54) is 11.1 Å². The first-order valence-electron chi connectivity index (χ1n) is 7.44. The highest BCUT2D eigenvalue weighted by atomic mass is 19.2. The van der Waals surface area contributed by atoms with Gasteiger partial charge in [-0.05, 0) is 36.1 Å². The van der Waals surface area contributed by atoms with E-state index in [2.05, 4.69) is 5.10 Å². The summed E-state index contributed by atoms with van der Waals surface area (Å²) in [4.78, 5) is 12.5. The second kappa shape index (κ2) is 6.28. The van der Waals surface area contributed by atoms with Crippen LogP contribution in [-0.2, 0) is 0 Å². The van der Waals surface area contributed by atoms with Crippen molar-refractivity contribution >= 4 is 11.6 Å². The number of rotatable bonds is 2. The van der Waals surface area contributed by atoms with Gasteiger partial charge in [0.1, 0.15) is 0 Å². The molecule has 3 nitrogen and oxygen atoms in total. The molecule has 23 heavy (non-hydrogen) atoms. The second-order valence-electron chi connectivity index (χ2n) is 5.74. The van der Waals surface area contributed by atoms with Crippen molar-refractivity contribution in [3.05, 3.63) is 71.3 Å². The number of carbonyl (C=O) groups excluding carboxylic acids is 1. The molecule has 2 aromatic carbocycles. The summed E-state index contributed by atoms with van der Waals surface area (Å²) in [6, 6.07) is 12.8. The second-order valence-corrected chi connectivity index (χ2v) is 5.74. The summed E-state index contributed by atoms with van der Waals surface area (Å²) >= 11 is 0. The Morgan fingerprint density at radius 2 is 1.87 bits per heavy atom. The van der Waals surface area contributed by atoms with Gasteiger partial charge in [-0.15, -0.1) is 0 Å². The summed E-state index contributed by atoms with van der Waals surface area (Å²) in [5.74, 6) is -2.20. The molecule has 1 aliphatic heterocycles. The van der Waals surface area contributed by atoms with Gasteiger partial charge in [-0.1, -0.05) is 37.3 Å². The Morgan fingerprint density at radius 1 is 1.13 bits per heavy atom. The molecule has 0 fully saturated rings. The molecule has 0 spiro atoms. The van der Waals surface area contributed by atoms with Crippen LogP contribution in [0.3, 0.4) is 0 Å². The minimum absolute atomic E-state index is 0.0918. The Balaban J connectivity index is 1.91. The van der Waals surface area contributed by atoms with Crippen LogP contribution in [0.1, 0.15) is 29.3 Å². The van der Waals surface area contributed by atoms with Gasteiger partial charge in [0.05, 0.1) is 5.71 Å². The maximum atomic E-state index is 13.3. The highest BCUT2D eigenvalue weighted by Crippen LogP contribution is 2.21. The lowest BCUT2D eigenvalue weighted by Crippen LogP contribution is -2.36. The van der Waals surface area contributed by atoms with Crippen molar-refractivity contribution in [3.63, 3.8) is 0 Å². The van der Waals surface area contributed by atoms with Gasteiger partial charge in [-0.2, -0.15) is 5.10 Å². The molecular weight excluding hydrogens is 298 g/mol. The van der Waals surface area contributed by atoms with E-state index in [9.17, 15) is 13.6 Å². The molecule has 1 aliphatic rings. The maximum absolute atomic E-state index is 13.3. The number of hydrogen-bond acceptors (Lipinski definition) is 2. The summed E-state index contributed by atoms with van der Waals surface area (Å²) in [7, 11) is 0. The molecule has 0 saturated heterocycles. The third kappa shape index (κ3) is 3.28. The van der Waals surface area contributed by atoms with E-state index in [0.717, 1.165) is 29.8 Å². The van der Waals surface area contributed by atoms with Crippen LogP contribution in [0.25, 0.3) is 0 Å². The van der Waals surface area contributed by atoms with Gasteiger partial charge in [0.25, 0.3) is 5.91 Å². The molecule has 1 atom stereocenters. The zero-order valence-electron chi connectivity index (χ0n) is 12.7. The number of benzene rings is 2. The molecule has 2 aromatic rings. The molecular formula is C18H16F2N2O. The molecule has 118 valence electrons. The van der Waals surface area contributed by atoms with Gasteiger partial charge >= 0.3 is 0 Å². The van der Waals surface area contributed by atoms with E-state index >= 15 is 0 Å². The van der Waals surface area contributed by atoms with Crippen LogP contribution < -0.4 is 0 Å². The number of amides is 1. The first kappa shape index (κ1) is 15.3. The minimum atomic E-state index is -1.03. The van der Waals surface area contributed by atoms with Gasteiger partial charge in [0, 0.05) is 12.1 Å². The maximum Gasteiger partial charge on any atom is 0.274 e. The van der Waals surface area contributed by atoms with Crippen LogP contribution in [0.2, 0.25) is 0 Å². The summed E-state index contributed by atoms with van der Waals surface area (Å²) in [6.45, 7) is 2.48. The van der Waals surface area contributed by atoms with Crippen LogP contribution in [0.5, 0.6) is 0 Å². The van der Waals surface area contributed by atoms with E-state index in [-0.39, 0.29) is 11.5 Å². The van der Waals surface area contributed by atoms with Gasteiger partial charge in [0.2, 0.25) is 0 Å². The fourth-order valence-electron chi connectivity index (χ4n) is 2.63. The topological polar surface area (TPSA) is 32.7 Å². The Bertz CT molecular complexity index is 759. The van der Waals surface area contributed by atoms with Crippen molar-refractivity contribution < 1.29 is 13.6 Å². The van der Waals surface area contributed by atoms with Crippen molar-refractivity contribution in [2.45, 2.75) is 13.3 Å². The lowest BCUT2D eigenvalue weighted by atomic mass is 9.97. The van der Waals surface area contributed by atoms with E-state index in [1.54, 1.807) is 0 Å². The molecule has 0 aromatic heterocycles. The van der Waals surface area contributed by atoms with Crippen LogP contribution in [0.4, 0.5) is 8.78 Å². The minimum Gasteiger partial charge on any atom is -0.267 e. The smallest absolute Gasteiger partial charge is 0.267 e.